The molecular formula is C25H24BrFN2O7S. The van der Waals surface area contributed by atoms with E-state index in [4.69, 9.17) is 14.2 Å². The van der Waals surface area contributed by atoms with Gasteiger partial charge in [0.15, 0.2) is 18.1 Å². The zero-order chi connectivity index (χ0) is 27.1. The molecule has 37 heavy (non-hydrogen) atoms. The average Bonchev–Trinajstić information content (AvgIpc) is 3.13. The standard InChI is InChI=1S/C25H24BrFN2O7S/c1-4-34-19-10-15(11-21-23(31)29(25(33)37-21)14(3)24(32)35-5-2)18(26)12-20(19)36-13-22(30)28-17-8-6-16(27)7-9-17/h6-12,14H,4-5,13H2,1-3H3,(H,28,30)/b21-11+/t14-/m0/s1. The van der Waals surface area contributed by atoms with Gasteiger partial charge in [0, 0.05) is 10.2 Å². The maximum atomic E-state index is 13.0. The van der Waals surface area contributed by atoms with Crippen molar-refractivity contribution in [1.82, 2.24) is 4.90 Å². The molecule has 0 spiro atoms. The number of carbonyl (C=O) groups excluding carboxylic acids is 4. The first-order chi connectivity index (χ1) is 17.6. The number of halogens is 2. The number of anilines is 1. The van der Waals surface area contributed by atoms with Crippen molar-refractivity contribution >= 4 is 62.5 Å². The first kappa shape index (κ1) is 28.2. The topological polar surface area (TPSA) is 111 Å². The van der Waals surface area contributed by atoms with E-state index in [1.807, 2.05) is 0 Å². The molecule has 0 aliphatic carbocycles. The van der Waals surface area contributed by atoms with Crippen LogP contribution in [-0.4, -0.2) is 53.8 Å². The van der Waals surface area contributed by atoms with Crippen LogP contribution in [0.3, 0.4) is 0 Å². The highest BCUT2D eigenvalue weighted by atomic mass is 79.9. The molecule has 2 aromatic rings. The van der Waals surface area contributed by atoms with E-state index in [1.54, 1.807) is 26.0 Å². The Morgan fingerprint density at radius 2 is 1.78 bits per heavy atom. The molecule has 1 heterocycles. The third-order valence-electron chi connectivity index (χ3n) is 4.97. The van der Waals surface area contributed by atoms with Gasteiger partial charge in [-0.3, -0.25) is 19.3 Å². The average molecular weight is 595 g/mol. The number of nitrogens with zero attached hydrogens (tertiary/aromatic N) is 1. The summed E-state index contributed by atoms with van der Waals surface area (Å²) in [5, 5.41) is 2.02. The molecule has 1 fully saturated rings. The van der Waals surface area contributed by atoms with Gasteiger partial charge in [0.1, 0.15) is 11.9 Å². The van der Waals surface area contributed by atoms with Gasteiger partial charge in [0.2, 0.25) is 0 Å². The van der Waals surface area contributed by atoms with Gasteiger partial charge in [-0.1, -0.05) is 15.9 Å². The van der Waals surface area contributed by atoms with Crippen molar-refractivity contribution in [2.24, 2.45) is 0 Å². The van der Waals surface area contributed by atoms with Gasteiger partial charge in [0.25, 0.3) is 17.1 Å². The molecule has 3 rings (SSSR count). The number of ether oxygens (including phenoxy) is 3. The van der Waals surface area contributed by atoms with Crippen molar-refractivity contribution in [3.63, 3.8) is 0 Å². The Balaban J connectivity index is 1.77. The highest BCUT2D eigenvalue weighted by molar-refractivity contribution is 9.10. The third-order valence-corrected chi connectivity index (χ3v) is 6.55. The van der Waals surface area contributed by atoms with Crippen LogP contribution in [-0.2, 0) is 19.1 Å². The fraction of sp³-hybridized carbons (Fsp3) is 0.280. The first-order valence-corrected chi connectivity index (χ1v) is 12.8. The quantitative estimate of drug-likeness (QED) is 0.302. The summed E-state index contributed by atoms with van der Waals surface area (Å²) in [5.74, 6) is -1.58. The number of nitrogens with one attached hydrogen (secondary N) is 1. The summed E-state index contributed by atoms with van der Waals surface area (Å²) in [7, 11) is 0. The van der Waals surface area contributed by atoms with E-state index in [2.05, 4.69) is 21.2 Å². The largest absolute Gasteiger partial charge is 0.490 e. The molecule has 0 bridgehead atoms. The summed E-state index contributed by atoms with van der Waals surface area (Å²) in [4.78, 5) is 50.6. The van der Waals surface area contributed by atoms with Crippen LogP contribution >= 0.6 is 27.7 Å². The zero-order valence-electron chi connectivity index (χ0n) is 20.2. The molecular weight excluding hydrogens is 571 g/mol. The third kappa shape index (κ3) is 7.10. The molecule has 0 aromatic heterocycles. The molecule has 0 radical (unpaired) electrons. The van der Waals surface area contributed by atoms with Gasteiger partial charge in [0.05, 0.1) is 18.1 Å². The zero-order valence-corrected chi connectivity index (χ0v) is 22.6. The fourth-order valence-electron chi connectivity index (χ4n) is 3.24. The second-order valence-electron chi connectivity index (χ2n) is 7.58. The number of imide groups is 1. The normalized spacial score (nSPS) is 15.1. The summed E-state index contributed by atoms with van der Waals surface area (Å²) < 4.78 is 29.8. The lowest BCUT2D eigenvalue weighted by molar-refractivity contribution is -0.150. The Labute approximate surface area is 225 Å². The van der Waals surface area contributed by atoms with Gasteiger partial charge >= 0.3 is 5.97 Å². The van der Waals surface area contributed by atoms with Crippen molar-refractivity contribution in [1.29, 1.82) is 0 Å². The summed E-state index contributed by atoms with van der Waals surface area (Å²) in [6, 6.07) is 7.44. The van der Waals surface area contributed by atoms with Crippen LogP contribution in [0.5, 0.6) is 11.5 Å². The molecule has 12 heteroatoms. The minimum absolute atomic E-state index is 0.122. The minimum atomic E-state index is -1.06. The Bertz CT molecular complexity index is 1240. The Hall–Kier alpha value is -3.38. The second kappa shape index (κ2) is 12.7. The number of esters is 1. The molecule has 1 saturated heterocycles. The number of rotatable bonds is 10. The summed E-state index contributed by atoms with van der Waals surface area (Å²) >= 11 is 4.13. The molecule has 9 nitrogen and oxygen atoms in total. The molecule has 3 amide bonds. The summed E-state index contributed by atoms with van der Waals surface area (Å²) in [5.41, 5.74) is 0.934. The Kier molecular flexibility index (Phi) is 9.70. The van der Waals surface area contributed by atoms with Crippen LogP contribution in [0.15, 0.2) is 45.8 Å². The number of hydrogen-bond acceptors (Lipinski definition) is 8. The fourth-order valence-corrected chi connectivity index (χ4v) is 4.58. The molecule has 1 N–H and O–H groups in total. The van der Waals surface area contributed by atoms with E-state index in [0.29, 0.717) is 39.8 Å². The SMILES string of the molecule is CCOC(=O)[C@H](C)N1C(=O)S/C(=C/c2cc(OCC)c(OCC(=O)Nc3ccc(F)cc3)cc2Br)C1=O. The summed E-state index contributed by atoms with van der Waals surface area (Å²) in [6.45, 7) is 4.93. The molecule has 196 valence electrons. The Morgan fingerprint density at radius 3 is 2.43 bits per heavy atom. The van der Waals surface area contributed by atoms with Crippen molar-refractivity contribution in [2.45, 2.75) is 26.8 Å². The van der Waals surface area contributed by atoms with Crippen molar-refractivity contribution in [3.05, 3.63) is 57.2 Å². The molecule has 1 atom stereocenters. The monoisotopic (exact) mass is 594 g/mol. The van der Waals surface area contributed by atoms with Crippen LogP contribution in [0, 0.1) is 5.82 Å². The number of hydrogen-bond donors (Lipinski definition) is 1. The van der Waals surface area contributed by atoms with E-state index in [1.165, 1.54) is 37.3 Å². The first-order valence-electron chi connectivity index (χ1n) is 11.2. The summed E-state index contributed by atoms with van der Waals surface area (Å²) in [6.07, 6.45) is 1.50. The lowest BCUT2D eigenvalue weighted by Crippen LogP contribution is -2.42. The van der Waals surface area contributed by atoms with Crippen molar-refractivity contribution in [2.75, 3.05) is 25.1 Å². The lowest BCUT2D eigenvalue weighted by atomic mass is 10.1. The molecule has 1 aliphatic heterocycles. The molecule has 0 saturated carbocycles. The van der Waals surface area contributed by atoms with Crippen LogP contribution in [0.25, 0.3) is 6.08 Å². The van der Waals surface area contributed by atoms with Crippen LogP contribution in [0.1, 0.15) is 26.3 Å². The van der Waals surface area contributed by atoms with E-state index in [-0.39, 0.29) is 23.9 Å². The van der Waals surface area contributed by atoms with Gasteiger partial charge in [-0.15, -0.1) is 0 Å². The highest BCUT2D eigenvalue weighted by Crippen LogP contribution is 2.38. The maximum Gasteiger partial charge on any atom is 0.329 e. The van der Waals surface area contributed by atoms with E-state index in [0.717, 1.165) is 4.90 Å². The van der Waals surface area contributed by atoms with Crippen LogP contribution < -0.4 is 14.8 Å². The number of benzene rings is 2. The van der Waals surface area contributed by atoms with Crippen molar-refractivity contribution < 1.29 is 37.8 Å². The minimum Gasteiger partial charge on any atom is -0.490 e. The second-order valence-corrected chi connectivity index (χ2v) is 9.42. The van der Waals surface area contributed by atoms with Crippen LogP contribution in [0.2, 0.25) is 0 Å². The Morgan fingerprint density at radius 1 is 1.11 bits per heavy atom. The van der Waals surface area contributed by atoms with Gasteiger partial charge in [-0.05, 0) is 80.6 Å². The van der Waals surface area contributed by atoms with Gasteiger partial charge < -0.3 is 19.5 Å². The highest BCUT2D eigenvalue weighted by Gasteiger charge is 2.41. The number of thioether (sulfide) groups is 1. The lowest BCUT2D eigenvalue weighted by Gasteiger charge is -2.19. The van der Waals surface area contributed by atoms with E-state index < -0.39 is 34.9 Å². The maximum absolute atomic E-state index is 13.0. The smallest absolute Gasteiger partial charge is 0.329 e. The molecule has 2 aromatic carbocycles. The molecule has 1 aliphatic rings. The molecule has 0 unspecified atom stereocenters. The predicted molar refractivity (Wildman–Crippen MR) is 140 cm³/mol. The van der Waals surface area contributed by atoms with Gasteiger partial charge in [-0.25, -0.2) is 9.18 Å². The van der Waals surface area contributed by atoms with E-state index in [9.17, 15) is 23.6 Å². The number of carbonyl (C=O) groups is 4. The van der Waals surface area contributed by atoms with E-state index >= 15 is 0 Å². The van der Waals surface area contributed by atoms with Crippen molar-refractivity contribution in [3.8, 4) is 11.5 Å². The van der Waals surface area contributed by atoms with Gasteiger partial charge in [-0.2, -0.15) is 0 Å². The van der Waals surface area contributed by atoms with Crippen LogP contribution in [0.4, 0.5) is 14.9 Å². The predicted octanol–water partition coefficient (Wildman–Crippen LogP) is 4.99. The number of amides is 3.